The molecule has 0 radical (unpaired) electrons. The van der Waals surface area contributed by atoms with Crippen molar-refractivity contribution in [1.82, 2.24) is 0 Å². The van der Waals surface area contributed by atoms with Gasteiger partial charge in [0, 0.05) is 4.32 Å². The maximum atomic E-state index is 10.2. The zero-order chi connectivity index (χ0) is 9.07. The van der Waals surface area contributed by atoms with Crippen LogP contribution in [0.25, 0.3) is 0 Å². The van der Waals surface area contributed by atoms with Crippen LogP contribution in [0.3, 0.4) is 0 Å². The Morgan fingerprint density at radius 1 is 1.64 bits per heavy atom. The third-order valence-corrected chi connectivity index (χ3v) is 2.37. The molecule has 0 spiro atoms. The fourth-order valence-electron chi connectivity index (χ4n) is 0.466. The molecule has 0 aromatic heterocycles. The molecule has 0 aliphatic carbocycles. The Hall–Kier alpha value is -0.260. The molecule has 0 amide bonds. The highest BCUT2D eigenvalue weighted by Crippen LogP contribution is 2.00. The molecule has 0 aromatic carbocycles. The van der Waals surface area contributed by atoms with Crippen LogP contribution in [-0.2, 0) is 17.4 Å². The van der Waals surface area contributed by atoms with Gasteiger partial charge in [0.15, 0.2) is 0 Å². The second-order valence-corrected chi connectivity index (χ2v) is 3.85. The molecule has 11 heavy (non-hydrogen) atoms. The van der Waals surface area contributed by atoms with E-state index in [1.807, 2.05) is 0 Å². The van der Waals surface area contributed by atoms with Crippen LogP contribution in [0.1, 0.15) is 6.42 Å². The third kappa shape index (κ3) is 4.23. The number of aliphatic carboxylic acids is 1. The van der Waals surface area contributed by atoms with E-state index < -0.39 is 5.97 Å². The van der Waals surface area contributed by atoms with Gasteiger partial charge >= 0.3 is 5.97 Å². The summed E-state index contributed by atoms with van der Waals surface area (Å²) in [6.07, 6.45) is 0.101. The van der Waals surface area contributed by atoms with Gasteiger partial charge in [0.25, 0.3) is 0 Å². The smallest absolute Gasteiger partial charge is 0.309 e. The summed E-state index contributed by atoms with van der Waals surface area (Å²) in [6.45, 7) is 0.456. The third-order valence-electron chi connectivity index (χ3n) is 1.38. The van der Waals surface area contributed by atoms with Gasteiger partial charge in [-0.05, 0) is 0 Å². The van der Waals surface area contributed by atoms with Crippen LogP contribution in [0, 0.1) is 0 Å². The van der Waals surface area contributed by atoms with Crippen LogP contribution in [0.5, 0.6) is 0 Å². The van der Waals surface area contributed by atoms with Crippen LogP contribution >= 0.6 is 12.2 Å². The van der Waals surface area contributed by atoms with E-state index in [0.29, 0.717) is 15.3 Å². The van der Waals surface area contributed by atoms with Gasteiger partial charge in [-0.3, -0.25) is 4.79 Å². The van der Waals surface area contributed by atoms with Crippen LogP contribution in [0.15, 0.2) is 0 Å². The molecule has 0 aromatic rings. The highest BCUT2D eigenvalue weighted by molar-refractivity contribution is 7.99. The first kappa shape index (κ1) is 10.7. The molecule has 0 aliphatic heterocycles. The van der Waals surface area contributed by atoms with E-state index in [-0.39, 0.29) is 6.42 Å². The van der Waals surface area contributed by atoms with E-state index >= 15 is 0 Å². The van der Waals surface area contributed by atoms with E-state index in [0.717, 1.165) is 0 Å². The lowest BCUT2D eigenvalue weighted by Gasteiger charge is -2.31. The van der Waals surface area contributed by atoms with Crippen LogP contribution in [0.4, 0.5) is 0 Å². The normalized spacial score (nSPS) is 11.1. The first-order valence-electron chi connectivity index (χ1n) is 3.12. The Balaban J connectivity index is 3.92. The maximum absolute atomic E-state index is 10.2. The molecule has 0 fully saturated rings. The summed E-state index contributed by atoms with van der Waals surface area (Å²) in [4.78, 5) is 10.2. The summed E-state index contributed by atoms with van der Waals surface area (Å²) in [5, 5.41) is 8.37. The van der Waals surface area contributed by atoms with Crippen molar-refractivity contribution in [1.29, 1.82) is 0 Å². The highest BCUT2D eigenvalue weighted by atomic mass is 32.1. The molecule has 0 saturated carbocycles. The van der Waals surface area contributed by atoms with Crippen LogP contribution in [0.2, 0.25) is 0 Å². The Morgan fingerprint density at radius 2 is 2.09 bits per heavy atom. The van der Waals surface area contributed by atoms with E-state index in [9.17, 15) is 4.79 Å². The first-order valence-corrected chi connectivity index (χ1v) is 3.94. The number of carbonyl (C=O) groups is 1. The molecule has 0 heterocycles. The maximum Gasteiger partial charge on any atom is 0.309 e. The van der Waals surface area contributed by atoms with Crippen molar-refractivity contribution in [2.24, 2.45) is 0 Å². The predicted octanol–water partition coefficient (Wildman–Crippen LogP) is 0.369. The number of nitrogens with zero attached hydrogens (tertiary/aromatic N) is 1. The average molecular weight is 193 g/mol. The summed E-state index contributed by atoms with van der Waals surface area (Å²) in [5.74, 6) is -0.817. The van der Waals surface area contributed by atoms with E-state index in [1.54, 1.807) is 14.1 Å². The molecule has 3 nitrogen and oxygen atoms in total. The zero-order valence-electron chi connectivity index (χ0n) is 6.53. The van der Waals surface area contributed by atoms with Gasteiger partial charge in [-0.15, -0.1) is 0 Å². The van der Waals surface area contributed by atoms with Gasteiger partial charge in [0.2, 0.25) is 0 Å². The fourth-order valence-corrected chi connectivity index (χ4v) is 0.649. The van der Waals surface area contributed by atoms with Crippen molar-refractivity contribution >= 4 is 35.1 Å². The second-order valence-electron chi connectivity index (χ2n) is 2.82. The lowest BCUT2D eigenvalue weighted by molar-refractivity contribution is -0.792. The van der Waals surface area contributed by atoms with Crippen molar-refractivity contribution in [3.8, 4) is 0 Å². The molecule has 0 rings (SSSR count). The zero-order valence-corrected chi connectivity index (χ0v) is 8.17. The van der Waals surface area contributed by atoms with Crippen molar-refractivity contribution in [2.45, 2.75) is 6.42 Å². The number of quaternary nitrogens is 1. The van der Waals surface area contributed by atoms with Gasteiger partial charge in [0.05, 0.1) is 27.1 Å². The van der Waals surface area contributed by atoms with Crippen molar-refractivity contribution in [2.75, 3.05) is 20.6 Å². The minimum atomic E-state index is -0.817. The quantitative estimate of drug-likeness (QED) is 0.399. The topological polar surface area (TPSA) is 37.3 Å². The van der Waals surface area contributed by atoms with Gasteiger partial charge in [0.1, 0.15) is 0 Å². The molecule has 0 atom stereocenters. The SMILES string of the molecule is C[N+](C)(CCC(=O)O)C(=S)[S-]. The number of thiocarbonyl (C=S) groups is 1. The second kappa shape index (κ2) is 3.94. The largest absolute Gasteiger partial charge is 0.481 e. The number of hydrogen-bond acceptors (Lipinski definition) is 3. The molecule has 64 valence electrons. The summed E-state index contributed by atoms with van der Waals surface area (Å²) in [5.41, 5.74) is 0. The number of carboxylic acids is 1. The number of rotatable bonds is 3. The molecular formula is C6H11NO2S2. The van der Waals surface area contributed by atoms with Gasteiger partial charge in [-0.2, -0.15) is 0 Å². The van der Waals surface area contributed by atoms with Crippen molar-refractivity contribution in [3.05, 3.63) is 0 Å². The minimum absolute atomic E-state index is 0.101. The van der Waals surface area contributed by atoms with Gasteiger partial charge in [-0.25, -0.2) is 0 Å². The molecular weight excluding hydrogens is 182 g/mol. The fraction of sp³-hybridized carbons (Fsp3) is 0.667. The lowest BCUT2D eigenvalue weighted by Crippen LogP contribution is -2.44. The first-order chi connectivity index (χ1) is 4.86. The monoisotopic (exact) mass is 193 g/mol. The lowest BCUT2D eigenvalue weighted by atomic mass is 10.4. The van der Waals surface area contributed by atoms with Gasteiger partial charge in [-0.1, -0.05) is 0 Å². The molecule has 5 heteroatoms. The molecule has 0 unspecified atom stereocenters. The van der Waals surface area contributed by atoms with Crippen molar-refractivity contribution in [3.63, 3.8) is 0 Å². The van der Waals surface area contributed by atoms with Crippen LogP contribution < -0.4 is 0 Å². The molecule has 0 aliphatic rings. The Morgan fingerprint density at radius 3 is 2.36 bits per heavy atom. The summed E-state index contributed by atoms with van der Waals surface area (Å²) < 4.78 is 0.711. The van der Waals surface area contributed by atoms with E-state index in [1.165, 1.54) is 0 Å². The molecule has 0 bridgehead atoms. The Bertz CT molecular complexity index is 179. The van der Waals surface area contributed by atoms with Gasteiger partial charge < -0.3 is 34.4 Å². The Kier molecular flexibility index (Phi) is 3.85. The highest BCUT2D eigenvalue weighted by Gasteiger charge is 2.14. The van der Waals surface area contributed by atoms with Crippen molar-refractivity contribution < 1.29 is 14.4 Å². The van der Waals surface area contributed by atoms with E-state index in [2.05, 4.69) is 0 Å². The Labute approximate surface area is 77.0 Å². The molecule has 1 N–H and O–H groups in total. The van der Waals surface area contributed by atoms with Crippen LogP contribution in [-0.4, -0.2) is 40.5 Å². The summed E-state index contributed by atoms with van der Waals surface area (Å²) in [6, 6.07) is 0. The average Bonchev–Trinajstić information content (AvgIpc) is 1.84. The number of hydrogen-bond donors (Lipinski definition) is 1. The summed E-state index contributed by atoms with van der Waals surface area (Å²) in [7, 11) is 3.61. The molecule has 0 saturated heterocycles. The predicted molar refractivity (Wildman–Crippen MR) is 49.2 cm³/mol. The standard InChI is InChI=1S/C6H11NO2S2/c1-7(2,6(10)11)4-3-5(8)9/h3-4H2,1-2H3,(H-,8,9,10,11). The minimum Gasteiger partial charge on any atom is -0.481 e. The summed E-state index contributed by atoms with van der Waals surface area (Å²) >= 11 is 9.56. The number of carboxylic acid groups (broad SMARTS) is 1. The van der Waals surface area contributed by atoms with E-state index in [4.69, 9.17) is 30.0 Å².